The SMILES string of the molecule is CN(Cc1csc(Br)c1)c1ccc(C(=O)O)cc1F. The van der Waals surface area contributed by atoms with Crippen molar-refractivity contribution in [3.8, 4) is 0 Å². The van der Waals surface area contributed by atoms with Crippen LogP contribution in [-0.2, 0) is 6.54 Å². The smallest absolute Gasteiger partial charge is 0.335 e. The third kappa shape index (κ3) is 3.33. The monoisotopic (exact) mass is 343 g/mol. The molecular formula is C13H11BrFNO2S. The summed E-state index contributed by atoms with van der Waals surface area (Å²) in [4.78, 5) is 12.5. The summed E-state index contributed by atoms with van der Waals surface area (Å²) in [6.07, 6.45) is 0. The van der Waals surface area contributed by atoms with E-state index in [1.807, 2.05) is 11.4 Å². The topological polar surface area (TPSA) is 40.5 Å². The predicted molar refractivity (Wildman–Crippen MR) is 77.5 cm³/mol. The van der Waals surface area contributed by atoms with Crippen LogP contribution in [0.5, 0.6) is 0 Å². The van der Waals surface area contributed by atoms with Gasteiger partial charge in [0, 0.05) is 13.6 Å². The zero-order valence-electron chi connectivity index (χ0n) is 10.1. The number of carboxylic acid groups (broad SMARTS) is 1. The van der Waals surface area contributed by atoms with Crippen molar-refractivity contribution in [3.63, 3.8) is 0 Å². The van der Waals surface area contributed by atoms with Crippen molar-refractivity contribution in [3.05, 3.63) is 50.4 Å². The van der Waals surface area contributed by atoms with Crippen LogP contribution in [0.1, 0.15) is 15.9 Å². The standard InChI is InChI=1S/C13H11BrFNO2S/c1-16(6-8-4-12(14)19-7-8)11-3-2-9(13(17)18)5-10(11)15/h2-5,7H,6H2,1H3,(H,17,18). The van der Waals surface area contributed by atoms with Crippen LogP contribution in [0.3, 0.4) is 0 Å². The van der Waals surface area contributed by atoms with Gasteiger partial charge < -0.3 is 10.0 Å². The second kappa shape index (κ2) is 5.71. The van der Waals surface area contributed by atoms with Crippen LogP contribution in [0.4, 0.5) is 10.1 Å². The lowest BCUT2D eigenvalue weighted by atomic mass is 10.2. The van der Waals surface area contributed by atoms with Crippen molar-refractivity contribution in [2.24, 2.45) is 0 Å². The fraction of sp³-hybridized carbons (Fsp3) is 0.154. The number of nitrogens with zero attached hydrogens (tertiary/aromatic N) is 1. The van der Waals surface area contributed by atoms with Crippen LogP contribution in [0, 0.1) is 5.82 Å². The van der Waals surface area contributed by atoms with Crippen molar-refractivity contribution in [2.75, 3.05) is 11.9 Å². The molecule has 3 nitrogen and oxygen atoms in total. The minimum Gasteiger partial charge on any atom is -0.478 e. The lowest BCUT2D eigenvalue weighted by Crippen LogP contribution is -2.17. The third-order valence-corrected chi connectivity index (χ3v) is 4.20. The summed E-state index contributed by atoms with van der Waals surface area (Å²) in [7, 11) is 1.77. The molecule has 0 aliphatic carbocycles. The second-order valence-corrected chi connectivity index (χ2v) is 6.38. The van der Waals surface area contributed by atoms with Gasteiger partial charge in [-0.15, -0.1) is 11.3 Å². The maximum absolute atomic E-state index is 13.9. The largest absolute Gasteiger partial charge is 0.478 e. The fourth-order valence-corrected chi connectivity index (χ4v) is 2.94. The maximum atomic E-state index is 13.9. The molecule has 6 heteroatoms. The van der Waals surface area contributed by atoms with E-state index in [2.05, 4.69) is 15.9 Å². The summed E-state index contributed by atoms with van der Waals surface area (Å²) < 4.78 is 14.9. The van der Waals surface area contributed by atoms with E-state index in [-0.39, 0.29) is 5.56 Å². The molecule has 0 unspecified atom stereocenters. The highest BCUT2D eigenvalue weighted by Crippen LogP contribution is 2.25. The van der Waals surface area contributed by atoms with E-state index in [1.54, 1.807) is 23.3 Å². The van der Waals surface area contributed by atoms with Gasteiger partial charge in [0.05, 0.1) is 15.0 Å². The Morgan fingerprint density at radius 3 is 2.74 bits per heavy atom. The zero-order valence-corrected chi connectivity index (χ0v) is 12.5. The maximum Gasteiger partial charge on any atom is 0.335 e. The van der Waals surface area contributed by atoms with Gasteiger partial charge in [-0.25, -0.2) is 9.18 Å². The summed E-state index contributed by atoms with van der Waals surface area (Å²) in [6.45, 7) is 0.561. The average Bonchev–Trinajstić information content (AvgIpc) is 2.74. The molecule has 0 aliphatic heterocycles. The lowest BCUT2D eigenvalue weighted by Gasteiger charge is -2.19. The predicted octanol–water partition coefficient (Wildman–Crippen LogP) is 3.98. The number of anilines is 1. The van der Waals surface area contributed by atoms with Gasteiger partial charge in [-0.1, -0.05) is 0 Å². The Hall–Kier alpha value is -1.40. The fourth-order valence-electron chi connectivity index (χ4n) is 1.74. The van der Waals surface area contributed by atoms with Crippen LogP contribution >= 0.6 is 27.3 Å². The van der Waals surface area contributed by atoms with Crippen LogP contribution in [0.2, 0.25) is 0 Å². The quantitative estimate of drug-likeness (QED) is 0.912. The number of benzene rings is 1. The van der Waals surface area contributed by atoms with E-state index in [1.165, 1.54) is 12.1 Å². The van der Waals surface area contributed by atoms with Gasteiger partial charge in [0.2, 0.25) is 0 Å². The van der Waals surface area contributed by atoms with Gasteiger partial charge >= 0.3 is 5.97 Å². The minimum absolute atomic E-state index is 0.0482. The molecule has 1 aromatic heterocycles. The van der Waals surface area contributed by atoms with E-state index in [9.17, 15) is 9.18 Å². The van der Waals surface area contributed by atoms with Gasteiger partial charge in [-0.05, 0) is 51.1 Å². The Bertz CT molecular complexity index is 614. The molecule has 2 rings (SSSR count). The third-order valence-electron chi connectivity index (χ3n) is 2.65. The number of hydrogen-bond acceptors (Lipinski definition) is 3. The zero-order chi connectivity index (χ0) is 14.0. The molecule has 0 spiro atoms. The number of carbonyl (C=O) groups is 1. The number of halogens is 2. The lowest BCUT2D eigenvalue weighted by molar-refractivity contribution is 0.0696. The first-order valence-electron chi connectivity index (χ1n) is 5.44. The first kappa shape index (κ1) is 14.0. The number of hydrogen-bond donors (Lipinski definition) is 1. The van der Waals surface area contributed by atoms with Crippen molar-refractivity contribution >= 4 is 38.9 Å². The van der Waals surface area contributed by atoms with E-state index < -0.39 is 11.8 Å². The van der Waals surface area contributed by atoms with Crippen molar-refractivity contribution in [1.82, 2.24) is 0 Å². The molecule has 0 saturated heterocycles. The van der Waals surface area contributed by atoms with Crippen molar-refractivity contribution in [1.29, 1.82) is 0 Å². The first-order chi connectivity index (χ1) is 8.97. The molecular weight excluding hydrogens is 333 g/mol. The molecule has 100 valence electrons. The first-order valence-corrected chi connectivity index (χ1v) is 7.11. The molecule has 19 heavy (non-hydrogen) atoms. The number of thiophene rings is 1. The molecule has 0 atom stereocenters. The highest BCUT2D eigenvalue weighted by molar-refractivity contribution is 9.11. The Labute approximate surface area is 122 Å². The normalized spacial score (nSPS) is 10.5. The highest BCUT2D eigenvalue weighted by Gasteiger charge is 2.12. The summed E-state index contributed by atoms with van der Waals surface area (Å²) in [6, 6.07) is 5.91. The van der Waals surface area contributed by atoms with E-state index in [0.717, 1.165) is 15.4 Å². The van der Waals surface area contributed by atoms with Crippen LogP contribution in [-0.4, -0.2) is 18.1 Å². The molecule has 0 aliphatic rings. The second-order valence-electron chi connectivity index (χ2n) is 4.09. The molecule has 0 saturated carbocycles. The number of rotatable bonds is 4. The molecule has 0 amide bonds. The summed E-state index contributed by atoms with van der Waals surface area (Å²) in [5.74, 6) is -1.66. The van der Waals surface area contributed by atoms with Gasteiger partial charge in [0.1, 0.15) is 5.82 Å². The molecule has 0 bridgehead atoms. The van der Waals surface area contributed by atoms with Gasteiger partial charge in [-0.3, -0.25) is 0 Å². The van der Waals surface area contributed by atoms with Crippen LogP contribution in [0.25, 0.3) is 0 Å². The van der Waals surface area contributed by atoms with Gasteiger partial charge in [-0.2, -0.15) is 0 Å². The van der Waals surface area contributed by atoms with Crippen LogP contribution < -0.4 is 4.90 Å². The number of aromatic carboxylic acids is 1. The Balaban J connectivity index is 2.19. The molecule has 0 fully saturated rings. The summed E-state index contributed by atoms with van der Waals surface area (Å²) in [5, 5.41) is 10.8. The summed E-state index contributed by atoms with van der Waals surface area (Å²) in [5.41, 5.74) is 1.40. The molecule has 2 aromatic rings. The van der Waals surface area contributed by atoms with Crippen LogP contribution in [0.15, 0.2) is 33.4 Å². The van der Waals surface area contributed by atoms with E-state index in [0.29, 0.717) is 12.2 Å². The Morgan fingerprint density at radius 2 is 2.21 bits per heavy atom. The minimum atomic E-state index is -1.13. The van der Waals surface area contributed by atoms with Gasteiger partial charge in [0.15, 0.2) is 0 Å². The molecule has 1 heterocycles. The van der Waals surface area contributed by atoms with Crippen molar-refractivity contribution in [2.45, 2.75) is 6.54 Å². The van der Waals surface area contributed by atoms with E-state index in [4.69, 9.17) is 5.11 Å². The average molecular weight is 344 g/mol. The summed E-state index contributed by atoms with van der Waals surface area (Å²) >= 11 is 4.95. The van der Waals surface area contributed by atoms with Gasteiger partial charge in [0.25, 0.3) is 0 Å². The highest BCUT2D eigenvalue weighted by atomic mass is 79.9. The Morgan fingerprint density at radius 1 is 1.47 bits per heavy atom. The van der Waals surface area contributed by atoms with Crippen molar-refractivity contribution < 1.29 is 14.3 Å². The van der Waals surface area contributed by atoms with E-state index >= 15 is 0 Å². The number of carboxylic acids is 1. The Kier molecular flexibility index (Phi) is 4.21. The molecule has 1 aromatic carbocycles. The molecule has 0 radical (unpaired) electrons. The molecule has 1 N–H and O–H groups in total.